The van der Waals surface area contributed by atoms with Gasteiger partial charge in [0.2, 0.25) is 0 Å². The van der Waals surface area contributed by atoms with Crippen LogP contribution in [0, 0.1) is 0 Å². The molecule has 0 fully saturated rings. The third-order valence-corrected chi connectivity index (χ3v) is 7.61. The van der Waals surface area contributed by atoms with Crippen molar-refractivity contribution in [2.24, 2.45) is 7.05 Å². The van der Waals surface area contributed by atoms with Crippen molar-refractivity contribution in [2.75, 3.05) is 27.2 Å². The highest BCUT2D eigenvalue weighted by Crippen LogP contribution is 2.29. The molecular formula is C24H30N4O2S. The molecule has 1 aliphatic heterocycles. The molecule has 0 bridgehead atoms. The van der Waals surface area contributed by atoms with E-state index in [0.29, 0.717) is 19.0 Å². The van der Waals surface area contributed by atoms with Crippen molar-refractivity contribution in [3.8, 4) is 0 Å². The molecule has 2 heterocycles. The molecule has 1 atom stereocenters. The number of hydrogen-bond donors (Lipinski definition) is 0. The molecule has 0 aliphatic carbocycles. The van der Waals surface area contributed by atoms with E-state index >= 15 is 0 Å². The van der Waals surface area contributed by atoms with Crippen molar-refractivity contribution >= 4 is 10.0 Å². The van der Waals surface area contributed by atoms with Gasteiger partial charge >= 0.3 is 0 Å². The summed E-state index contributed by atoms with van der Waals surface area (Å²) in [6.45, 7) is 1.81. The van der Waals surface area contributed by atoms with Crippen LogP contribution in [0.15, 0.2) is 66.1 Å². The summed E-state index contributed by atoms with van der Waals surface area (Å²) in [7, 11) is 2.38. The summed E-state index contributed by atoms with van der Waals surface area (Å²) >= 11 is 0. The van der Waals surface area contributed by atoms with Gasteiger partial charge in [-0.05, 0) is 49.2 Å². The first kappa shape index (κ1) is 21.7. The van der Waals surface area contributed by atoms with Gasteiger partial charge in [-0.15, -0.1) is 0 Å². The zero-order chi connectivity index (χ0) is 22.0. The molecule has 4 rings (SSSR count). The maximum Gasteiger partial charge on any atom is 0.262 e. The van der Waals surface area contributed by atoms with Crippen LogP contribution in [0.1, 0.15) is 28.2 Å². The first-order chi connectivity index (χ1) is 14.8. The van der Waals surface area contributed by atoms with Crippen LogP contribution in [0.5, 0.6) is 0 Å². The van der Waals surface area contributed by atoms with Crippen LogP contribution in [0.2, 0.25) is 0 Å². The van der Waals surface area contributed by atoms with E-state index < -0.39 is 10.0 Å². The Morgan fingerprint density at radius 2 is 1.87 bits per heavy atom. The fourth-order valence-electron chi connectivity index (χ4n) is 4.29. The van der Waals surface area contributed by atoms with E-state index in [1.165, 1.54) is 23.0 Å². The van der Waals surface area contributed by atoms with Gasteiger partial charge in [0.1, 0.15) is 0 Å². The standard InChI is InChI=1S/C24H30N4O2S/c1-26(2)15-22(13-19-7-5-4-6-8-19)21-10-9-20-11-12-28(16-23(20)14-21)31(29,30)24-17-27(3)18-25-24/h4-10,14,17-18,22H,11-13,15-16H2,1-3H3. The second kappa shape index (κ2) is 8.94. The molecule has 0 radical (unpaired) electrons. The lowest BCUT2D eigenvalue weighted by molar-refractivity contribution is 0.369. The number of fused-ring (bicyclic) bond motifs is 1. The Morgan fingerprint density at radius 1 is 1.10 bits per heavy atom. The van der Waals surface area contributed by atoms with Gasteiger partial charge < -0.3 is 9.47 Å². The van der Waals surface area contributed by atoms with Crippen molar-refractivity contribution in [1.82, 2.24) is 18.8 Å². The van der Waals surface area contributed by atoms with Crippen LogP contribution in [-0.4, -0.2) is 54.4 Å². The van der Waals surface area contributed by atoms with E-state index in [-0.39, 0.29) is 5.03 Å². The fraction of sp³-hybridized carbons (Fsp3) is 0.375. The maximum atomic E-state index is 13.1. The largest absolute Gasteiger partial charge is 0.339 e. The minimum Gasteiger partial charge on any atom is -0.339 e. The van der Waals surface area contributed by atoms with Gasteiger partial charge in [0.25, 0.3) is 10.0 Å². The van der Waals surface area contributed by atoms with E-state index in [1.54, 1.807) is 22.1 Å². The zero-order valence-electron chi connectivity index (χ0n) is 18.4. The Labute approximate surface area is 185 Å². The molecule has 2 aromatic carbocycles. The van der Waals surface area contributed by atoms with Gasteiger partial charge in [0.15, 0.2) is 5.03 Å². The number of hydrogen-bond acceptors (Lipinski definition) is 4. The van der Waals surface area contributed by atoms with Crippen LogP contribution in [0.4, 0.5) is 0 Å². The molecular weight excluding hydrogens is 408 g/mol. The number of likely N-dealkylation sites (N-methyl/N-ethyl adjacent to an activating group) is 1. The molecule has 1 aromatic heterocycles. The summed E-state index contributed by atoms with van der Waals surface area (Å²) in [6, 6.07) is 17.2. The van der Waals surface area contributed by atoms with E-state index in [1.807, 2.05) is 6.07 Å². The van der Waals surface area contributed by atoms with Crippen molar-refractivity contribution in [1.29, 1.82) is 0 Å². The van der Waals surface area contributed by atoms with Crippen molar-refractivity contribution in [3.63, 3.8) is 0 Å². The number of aromatic nitrogens is 2. The number of rotatable bonds is 7. The molecule has 7 heteroatoms. The molecule has 0 saturated carbocycles. The highest BCUT2D eigenvalue weighted by molar-refractivity contribution is 7.89. The van der Waals surface area contributed by atoms with Gasteiger partial charge in [-0.2, -0.15) is 4.31 Å². The lowest BCUT2D eigenvalue weighted by Crippen LogP contribution is -2.36. The Hall–Kier alpha value is -2.48. The minimum absolute atomic E-state index is 0.115. The van der Waals surface area contributed by atoms with Crippen LogP contribution in [0.3, 0.4) is 0 Å². The Bertz CT molecular complexity index is 1140. The minimum atomic E-state index is -3.59. The Morgan fingerprint density at radius 3 is 2.55 bits per heavy atom. The normalized spacial score (nSPS) is 15.7. The number of nitrogens with zero attached hydrogens (tertiary/aromatic N) is 4. The van der Waals surface area contributed by atoms with Gasteiger partial charge in [0.05, 0.1) is 6.33 Å². The van der Waals surface area contributed by atoms with Crippen molar-refractivity contribution < 1.29 is 8.42 Å². The number of aryl methyl sites for hydroxylation is 1. The summed E-state index contributed by atoms with van der Waals surface area (Å²) in [5.41, 5.74) is 4.90. The molecule has 164 valence electrons. The van der Waals surface area contributed by atoms with E-state index in [2.05, 4.69) is 66.4 Å². The summed E-state index contributed by atoms with van der Waals surface area (Å²) < 4.78 is 29.3. The summed E-state index contributed by atoms with van der Waals surface area (Å²) in [5, 5.41) is 0.115. The van der Waals surface area contributed by atoms with Crippen LogP contribution >= 0.6 is 0 Å². The molecule has 1 unspecified atom stereocenters. The maximum absolute atomic E-state index is 13.1. The summed E-state index contributed by atoms with van der Waals surface area (Å²) in [4.78, 5) is 6.28. The Kier molecular flexibility index (Phi) is 6.27. The Balaban J connectivity index is 1.60. The van der Waals surface area contributed by atoms with Crippen molar-refractivity contribution in [2.45, 2.75) is 30.3 Å². The summed E-state index contributed by atoms with van der Waals surface area (Å²) in [6.07, 6.45) is 4.76. The van der Waals surface area contributed by atoms with Gasteiger partial charge in [-0.3, -0.25) is 0 Å². The first-order valence-corrected chi connectivity index (χ1v) is 12.1. The molecule has 0 amide bonds. The molecule has 0 spiro atoms. The lowest BCUT2D eigenvalue weighted by Gasteiger charge is -2.29. The molecule has 31 heavy (non-hydrogen) atoms. The molecule has 3 aromatic rings. The third kappa shape index (κ3) is 4.89. The third-order valence-electron chi connectivity index (χ3n) is 5.87. The molecule has 6 nitrogen and oxygen atoms in total. The van der Waals surface area contributed by atoms with Crippen LogP contribution in [0.25, 0.3) is 0 Å². The van der Waals surface area contributed by atoms with E-state index in [9.17, 15) is 8.42 Å². The topological polar surface area (TPSA) is 58.4 Å². The van der Waals surface area contributed by atoms with Crippen molar-refractivity contribution in [3.05, 3.63) is 83.3 Å². The second-order valence-corrected chi connectivity index (χ2v) is 10.5. The van der Waals surface area contributed by atoms with Gasteiger partial charge in [-0.1, -0.05) is 48.5 Å². The average Bonchev–Trinajstić information content (AvgIpc) is 3.20. The van der Waals surface area contributed by atoms with Crippen LogP contribution in [-0.2, 0) is 36.5 Å². The SMILES string of the molecule is CN(C)CC(Cc1ccccc1)c1ccc2c(c1)CN(S(=O)(=O)c1cn(C)cn1)CC2. The van der Waals surface area contributed by atoms with Gasteiger partial charge in [0, 0.05) is 38.8 Å². The zero-order valence-corrected chi connectivity index (χ0v) is 19.2. The highest BCUT2D eigenvalue weighted by Gasteiger charge is 2.30. The number of imidazole rings is 1. The number of sulfonamides is 1. The lowest BCUT2D eigenvalue weighted by atomic mass is 9.88. The monoisotopic (exact) mass is 438 g/mol. The fourth-order valence-corrected chi connectivity index (χ4v) is 5.68. The van der Waals surface area contributed by atoms with E-state index in [4.69, 9.17) is 0 Å². The van der Waals surface area contributed by atoms with Crippen LogP contribution < -0.4 is 0 Å². The molecule has 0 N–H and O–H groups in total. The number of benzene rings is 2. The quantitative estimate of drug-likeness (QED) is 0.569. The van der Waals surface area contributed by atoms with E-state index in [0.717, 1.165) is 24.9 Å². The molecule has 1 aliphatic rings. The smallest absolute Gasteiger partial charge is 0.262 e. The highest BCUT2D eigenvalue weighted by atomic mass is 32.2. The second-order valence-electron chi connectivity index (χ2n) is 8.64. The summed E-state index contributed by atoms with van der Waals surface area (Å²) in [5.74, 6) is 0.338. The average molecular weight is 439 g/mol. The van der Waals surface area contributed by atoms with Gasteiger partial charge in [-0.25, -0.2) is 13.4 Å². The molecule has 0 saturated heterocycles. The predicted octanol–water partition coefficient (Wildman–Crippen LogP) is 3.06. The predicted molar refractivity (Wildman–Crippen MR) is 122 cm³/mol. The first-order valence-electron chi connectivity index (χ1n) is 10.6.